The van der Waals surface area contributed by atoms with Crippen molar-refractivity contribution in [1.82, 2.24) is 15.0 Å². The topological polar surface area (TPSA) is 41.6 Å². The molecule has 0 unspecified atom stereocenters. The number of pyridine rings is 1. The van der Waals surface area contributed by atoms with Gasteiger partial charge in [0.1, 0.15) is 10.5 Å². The minimum atomic E-state index is 0.389. The van der Waals surface area contributed by atoms with Crippen molar-refractivity contribution in [2.24, 2.45) is 0 Å². The maximum absolute atomic E-state index is 5.26. The molecule has 0 aliphatic rings. The molecule has 0 radical (unpaired) electrons. The van der Waals surface area contributed by atoms with Crippen LogP contribution in [0.1, 0.15) is 25.5 Å². The van der Waals surface area contributed by atoms with Gasteiger partial charge in [0.25, 0.3) is 0 Å². The first kappa shape index (κ1) is 12.9. The first-order chi connectivity index (χ1) is 9.63. The zero-order valence-electron chi connectivity index (χ0n) is 11.4. The highest BCUT2D eigenvalue weighted by atomic mass is 32.1. The summed E-state index contributed by atoms with van der Waals surface area (Å²) in [5.41, 5.74) is 3.11. The number of rotatable bonds is 2. The van der Waals surface area contributed by atoms with Crippen LogP contribution in [0, 0.1) is 4.64 Å². The highest BCUT2D eigenvalue weighted by Gasteiger charge is 2.06. The zero-order chi connectivity index (χ0) is 14.1. The summed E-state index contributed by atoms with van der Waals surface area (Å²) in [6, 6.07) is 12.0. The van der Waals surface area contributed by atoms with Crippen LogP contribution in [0.4, 0.5) is 0 Å². The molecule has 3 rings (SSSR count). The van der Waals surface area contributed by atoms with Gasteiger partial charge in [0.05, 0.1) is 5.52 Å². The Hall–Kier alpha value is -2.07. The molecule has 0 atom stereocenters. The smallest absolute Gasteiger partial charge is 0.139 e. The standard InChI is InChI=1S/C16H15N3S/c1-10(2)14-9-15(20)19-16(18-14)12-5-6-13-11(8-12)4-3-7-17-13/h3-10H,1-2H3,(H,18,19,20). The molecule has 0 saturated heterocycles. The van der Waals surface area contributed by atoms with Gasteiger partial charge in [0.15, 0.2) is 0 Å². The molecule has 0 spiro atoms. The van der Waals surface area contributed by atoms with Crippen LogP contribution in [0.25, 0.3) is 22.3 Å². The number of hydrogen-bond acceptors (Lipinski definition) is 3. The van der Waals surface area contributed by atoms with Crippen molar-refractivity contribution in [1.29, 1.82) is 0 Å². The number of benzene rings is 1. The number of aromatic amines is 1. The summed E-state index contributed by atoms with van der Waals surface area (Å²) in [6.45, 7) is 4.27. The Morgan fingerprint density at radius 3 is 2.80 bits per heavy atom. The van der Waals surface area contributed by atoms with Crippen molar-refractivity contribution < 1.29 is 0 Å². The Bertz CT molecular complexity index is 821. The molecule has 3 nitrogen and oxygen atoms in total. The average Bonchev–Trinajstić information content (AvgIpc) is 2.46. The van der Waals surface area contributed by atoms with E-state index in [-0.39, 0.29) is 0 Å². The lowest BCUT2D eigenvalue weighted by Crippen LogP contribution is -1.98. The van der Waals surface area contributed by atoms with E-state index in [4.69, 9.17) is 12.2 Å². The fourth-order valence-electron chi connectivity index (χ4n) is 2.15. The molecule has 2 heterocycles. The molecule has 3 aromatic rings. The van der Waals surface area contributed by atoms with Crippen LogP contribution in [0.3, 0.4) is 0 Å². The highest BCUT2D eigenvalue weighted by molar-refractivity contribution is 7.71. The van der Waals surface area contributed by atoms with E-state index in [1.807, 2.05) is 30.3 Å². The average molecular weight is 281 g/mol. The molecule has 1 aromatic carbocycles. The van der Waals surface area contributed by atoms with Crippen molar-refractivity contribution in [3.63, 3.8) is 0 Å². The number of H-pyrrole nitrogens is 1. The van der Waals surface area contributed by atoms with Gasteiger partial charge >= 0.3 is 0 Å². The second-order valence-electron chi connectivity index (χ2n) is 5.09. The van der Waals surface area contributed by atoms with E-state index in [1.54, 1.807) is 6.20 Å². The fraction of sp³-hybridized carbons (Fsp3) is 0.188. The first-order valence-electron chi connectivity index (χ1n) is 6.60. The summed E-state index contributed by atoms with van der Waals surface area (Å²) in [4.78, 5) is 12.1. The lowest BCUT2D eigenvalue weighted by Gasteiger charge is -2.09. The van der Waals surface area contributed by atoms with Crippen molar-refractivity contribution in [3.05, 3.63) is 52.9 Å². The van der Waals surface area contributed by atoms with E-state index in [0.29, 0.717) is 10.6 Å². The molecule has 4 heteroatoms. The predicted octanol–water partition coefficient (Wildman–Crippen LogP) is 4.48. The summed E-state index contributed by atoms with van der Waals surface area (Å²) in [6.07, 6.45) is 1.80. The van der Waals surface area contributed by atoms with E-state index in [9.17, 15) is 0 Å². The summed E-state index contributed by atoms with van der Waals surface area (Å²) < 4.78 is 0.619. The largest absolute Gasteiger partial charge is 0.343 e. The number of aromatic nitrogens is 3. The second-order valence-corrected chi connectivity index (χ2v) is 5.51. The molecular formula is C16H15N3S. The molecule has 0 aliphatic carbocycles. The van der Waals surface area contributed by atoms with Crippen LogP contribution < -0.4 is 0 Å². The number of nitrogens with zero attached hydrogens (tertiary/aromatic N) is 2. The van der Waals surface area contributed by atoms with E-state index in [0.717, 1.165) is 28.0 Å². The molecule has 1 N–H and O–H groups in total. The van der Waals surface area contributed by atoms with Crippen molar-refractivity contribution >= 4 is 23.1 Å². The van der Waals surface area contributed by atoms with Crippen LogP contribution in [-0.4, -0.2) is 15.0 Å². The molecule has 20 heavy (non-hydrogen) atoms. The summed E-state index contributed by atoms with van der Waals surface area (Å²) in [7, 11) is 0. The first-order valence-corrected chi connectivity index (χ1v) is 7.01. The van der Waals surface area contributed by atoms with Gasteiger partial charge < -0.3 is 4.98 Å². The van der Waals surface area contributed by atoms with E-state index in [1.165, 1.54) is 0 Å². The minimum absolute atomic E-state index is 0.389. The van der Waals surface area contributed by atoms with Crippen molar-refractivity contribution in [2.75, 3.05) is 0 Å². The van der Waals surface area contributed by atoms with Gasteiger partial charge in [-0.1, -0.05) is 32.1 Å². The van der Waals surface area contributed by atoms with Crippen molar-refractivity contribution in [2.45, 2.75) is 19.8 Å². The molecule has 0 aliphatic heterocycles. The molecule has 0 amide bonds. The van der Waals surface area contributed by atoms with Gasteiger partial charge in [0.2, 0.25) is 0 Å². The zero-order valence-corrected chi connectivity index (χ0v) is 12.2. The van der Waals surface area contributed by atoms with Gasteiger partial charge in [-0.15, -0.1) is 0 Å². The van der Waals surface area contributed by atoms with E-state index in [2.05, 4.69) is 34.9 Å². The normalized spacial score (nSPS) is 11.2. The molecular weight excluding hydrogens is 266 g/mol. The molecule has 2 aromatic heterocycles. The maximum atomic E-state index is 5.26. The van der Waals surface area contributed by atoms with Gasteiger partial charge in [-0.2, -0.15) is 0 Å². The Balaban J connectivity index is 2.17. The Kier molecular flexibility index (Phi) is 3.32. The van der Waals surface area contributed by atoms with Crippen LogP contribution >= 0.6 is 12.2 Å². The lowest BCUT2D eigenvalue weighted by atomic mass is 10.1. The summed E-state index contributed by atoms with van der Waals surface area (Å²) in [5, 5.41) is 1.10. The summed E-state index contributed by atoms with van der Waals surface area (Å²) >= 11 is 5.26. The van der Waals surface area contributed by atoms with Crippen LogP contribution in [0.2, 0.25) is 0 Å². The maximum Gasteiger partial charge on any atom is 0.139 e. The number of nitrogens with one attached hydrogen (secondary N) is 1. The Morgan fingerprint density at radius 2 is 2.00 bits per heavy atom. The SMILES string of the molecule is CC(C)c1cc(=S)nc(-c2ccc3ncccc3c2)[nH]1. The molecule has 0 bridgehead atoms. The molecule has 0 fully saturated rings. The Morgan fingerprint density at radius 1 is 1.15 bits per heavy atom. The number of hydrogen-bond donors (Lipinski definition) is 1. The third-order valence-corrected chi connectivity index (χ3v) is 3.47. The number of fused-ring (bicyclic) bond motifs is 1. The van der Waals surface area contributed by atoms with E-state index < -0.39 is 0 Å². The monoisotopic (exact) mass is 281 g/mol. The fourth-order valence-corrected chi connectivity index (χ4v) is 2.37. The van der Waals surface area contributed by atoms with Gasteiger partial charge in [-0.05, 0) is 36.2 Å². The third-order valence-electron chi connectivity index (χ3n) is 3.26. The van der Waals surface area contributed by atoms with E-state index >= 15 is 0 Å². The quantitative estimate of drug-likeness (QED) is 0.704. The third kappa shape index (κ3) is 2.47. The second kappa shape index (κ2) is 5.13. The lowest BCUT2D eigenvalue weighted by molar-refractivity contribution is 0.815. The van der Waals surface area contributed by atoms with Gasteiger partial charge in [0, 0.05) is 22.8 Å². The van der Waals surface area contributed by atoms with Crippen LogP contribution in [0.5, 0.6) is 0 Å². The van der Waals surface area contributed by atoms with Crippen LogP contribution in [0.15, 0.2) is 42.6 Å². The van der Waals surface area contributed by atoms with Gasteiger partial charge in [-0.3, -0.25) is 4.98 Å². The van der Waals surface area contributed by atoms with Gasteiger partial charge in [-0.25, -0.2) is 4.98 Å². The highest BCUT2D eigenvalue weighted by Crippen LogP contribution is 2.22. The predicted molar refractivity (Wildman–Crippen MR) is 84.2 cm³/mol. The summed E-state index contributed by atoms with van der Waals surface area (Å²) in [5.74, 6) is 1.20. The molecule has 0 saturated carbocycles. The minimum Gasteiger partial charge on any atom is -0.343 e. The van der Waals surface area contributed by atoms with Crippen LogP contribution in [-0.2, 0) is 0 Å². The molecule has 100 valence electrons. The van der Waals surface area contributed by atoms with Crippen molar-refractivity contribution in [3.8, 4) is 11.4 Å². The Labute approximate surface area is 122 Å².